The Morgan fingerprint density at radius 2 is 2.17 bits per heavy atom. The number of ether oxygens (including phenoxy) is 1. The van der Waals surface area contributed by atoms with E-state index in [0.717, 1.165) is 29.1 Å². The van der Waals surface area contributed by atoms with Gasteiger partial charge in [-0.2, -0.15) is 0 Å². The lowest BCUT2D eigenvalue weighted by Crippen LogP contribution is -2.43. The molecule has 1 unspecified atom stereocenters. The van der Waals surface area contributed by atoms with Crippen molar-refractivity contribution < 1.29 is 13.9 Å². The minimum Gasteiger partial charge on any atom is -0.379 e. The number of hydrogen-bond donors (Lipinski definition) is 1. The van der Waals surface area contributed by atoms with Gasteiger partial charge in [0, 0.05) is 19.6 Å². The first-order valence-corrected chi connectivity index (χ1v) is 8.92. The molecular formula is C18H21FN2O2S. The molecule has 128 valence electrons. The van der Waals surface area contributed by atoms with E-state index in [4.69, 9.17) is 4.74 Å². The lowest BCUT2D eigenvalue weighted by Gasteiger charge is -2.35. The van der Waals surface area contributed by atoms with Crippen LogP contribution in [-0.4, -0.2) is 43.7 Å². The molecule has 4 nitrogen and oxygen atoms in total. The number of carbonyl (C=O) groups is 1. The Kier molecular flexibility index (Phi) is 5.60. The van der Waals surface area contributed by atoms with Crippen molar-refractivity contribution >= 4 is 17.2 Å². The van der Waals surface area contributed by atoms with Crippen LogP contribution in [-0.2, 0) is 4.74 Å². The quantitative estimate of drug-likeness (QED) is 0.903. The monoisotopic (exact) mass is 348 g/mol. The van der Waals surface area contributed by atoms with E-state index in [0.29, 0.717) is 19.8 Å². The van der Waals surface area contributed by atoms with Crippen molar-refractivity contribution in [3.05, 3.63) is 57.5 Å². The summed E-state index contributed by atoms with van der Waals surface area (Å²) in [7, 11) is 0. The molecule has 1 aromatic heterocycles. The van der Waals surface area contributed by atoms with Crippen molar-refractivity contribution in [2.24, 2.45) is 0 Å². The summed E-state index contributed by atoms with van der Waals surface area (Å²) in [4.78, 5) is 15.4. The van der Waals surface area contributed by atoms with Crippen LogP contribution >= 0.6 is 11.3 Å². The number of halogens is 1. The van der Waals surface area contributed by atoms with Gasteiger partial charge in [-0.25, -0.2) is 4.39 Å². The first kappa shape index (κ1) is 17.1. The molecule has 1 aliphatic rings. The number of morpholine rings is 1. The molecular weight excluding hydrogens is 327 g/mol. The number of nitrogens with one attached hydrogen (secondary N) is 1. The molecule has 6 heteroatoms. The number of carbonyl (C=O) groups excluding carboxylic acids is 1. The van der Waals surface area contributed by atoms with E-state index < -0.39 is 0 Å². The van der Waals surface area contributed by atoms with Gasteiger partial charge in [0.25, 0.3) is 5.91 Å². The summed E-state index contributed by atoms with van der Waals surface area (Å²) in [5, 5.41) is 4.92. The Morgan fingerprint density at radius 3 is 2.83 bits per heavy atom. The summed E-state index contributed by atoms with van der Waals surface area (Å²) in [6, 6.07) is 8.48. The standard InChI is InChI=1S/C18H21FN2O2S/c1-13-5-10-24-17(13)18(22)20-12-16(21-6-8-23-9-7-21)14-3-2-4-15(19)11-14/h2-5,10-11,16H,6-9,12H2,1H3,(H,20,22). The highest BCUT2D eigenvalue weighted by Gasteiger charge is 2.24. The Hall–Kier alpha value is -1.76. The second-order valence-corrected chi connectivity index (χ2v) is 6.78. The zero-order chi connectivity index (χ0) is 16.9. The largest absolute Gasteiger partial charge is 0.379 e. The number of rotatable bonds is 5. The van der Waals surface area contributed by atoms with Crippen molar-refractivity contribution in [3.63, 3.8) is 0 Å². The van der Waals surface area contributed by atoms with Gasteiger partial charge in [0.1, 0.15) is 5.82 Å². The molecule has 0 aliphatic carbocycles. The molecule has 1 saturated heterocycles. The molecule has 0 bridgehead atoms. The molecule has 0 saturated carbocycles. The number of nitrogens with zero attached hydrogens (tertiary/aromatic N) is 1. The molecule has 1 atom stereocenters. The van der Waals surface area contributed by atoms with E-state index >= 15 is 0 Å². The van der Waals surface area contributed by atoms with Crippen LogP contribution in [0.15, 0.2) is 35.7 Å². The SMILES string of the molecule is Cc1ccsc1C(=O)NCC(c1cccc(F)c1)N1CCOCC1. The average Bonchev–Trinajstić information content (AvgIpc) is 3.02. The minimum absolute atomic E-state index is 0.0613. The molecule has 0 spiro atoms. The van der Waals surface area contributed by atoms with E-state index in [2.05, 4.69) is 10.2 Å². The van der Waals surface area contributed by atoms with Crippen molar-refractivity contribution in [2.45, 2.75) is 13.0 Å². The first-order chi connectivity index (χ1) is 11.6. The highest BCUT2D eigenvalue weighted by molar-refractivity contribution is 7.12. The van der Waals surface area contributed by atoms with E-state index in [1.807, 2.05) is 24.4 Å². The van der Waals surface area contributed by atoms with Gasteiger partial charge in [-0.1, -0.05) is 12.1 Å². The number of aryl methyl sites for hydroxylation is 1. The number of amides is 1. The van der Waals surface area contributed by atoms with Crippen LogP contribution in [0.25, 0.3) is 0 Å². The van der Waals surface area contributed by atoms with Gasteiger partial charge in [-0.05, 0) is 41.6 Å². The summed E-state index contributed by atoms with van der Waals surface area (Å²) in [6.07, 6.45) is 0. The fraction of sp³-hybridized carbons (Fsp3) is 0.389. The summed E-state index contributed by atoms with van der Waals surface area (Å²) >= 11 is 1.44. The highest BCUT2D eigenvalue weighted by atomic mass is 32.1. The highest BCUT2D eigenvalue weighted by Crippen LogP contribution is 2.23. The number of benzene rings is 1. The van der Waals surface area contributed by atoms with Crippen LogP contribution in [0.3, 0.4) is 0 Å². The Morgan fingerprint density at radius 1 is 1.38 bits per heavy atom. The summed E-state index contributed by atoms with van der Waals surface area (Å²) in [5.41, 5.74) is 1.85. The van der Waals surface area contributed by atoms with Crippen molar-refractivity contribution in [2.75, 3.05) is 32.8 Å². The molecule has 1 N–H and O–H groups in total. The summed E-state index contributed by atoms with van der Waals surface area (Å²) in [5.74, 6) is -0.330. The van der Waals surface area contributed by atoms with Gasteiger partial charge >= 0.3 is 0 Å². The molecule has 1 amide bonds. The molecule has 0 radical (unpaired) electrons. The zero-order valence-electron chi connectivity index (χ0n) is 13.6. The molecule has 2 heterocycles. The van der Waals surface area contributed by atoms with E-state index in [1.165, 1.54) is 17.4 Å². The lowest BCUT2D eigenvalue weighted by molar-refractivity contribution is 0.0162. The van der Waals surface area contributed by atoms with Crippen LogP contribution in [0.2, 0.25) is 0 Å². The summed E-state index contributed by atoms with van der Waals surface area (Å²) in [6.45, 7) is 5.23. The first-order valence-electron chi connectivity index (χ1n) is 8.04. The maximum atomic E-state index is 13.6. The predicted molar refractivity (Wildman–Crippen MR) is 92.9 cm³/mol. The molecule has 1 fully saturated rings. The van der Waals surface area contributed by atoms with E-state index in [9.17, 15) is 9.18 Å². The Bertz CT molecular complexity index is 698. The molecule has 1 aliphatic heterocycles. The van der Waals surface area contributed by atoms with Gasteiger partial charge < -0.3 is 10.1 Å². The smallest absolute Gasteiger partial charge is 0.261 e. The molecule has 3 rings (SSSR count). The number of hydrogen-bond acceptors (Lipinski definition) is 4. The molecule has 2 aromatic rings. The normalized spacial score (nSPS) is 16.8. The zero-order valence-corrected chi connectivity index (χ0v) is 14.4. The fourth-order valence-corrected chi connectivity index (χ4v) is 3.78. The molecule has 24 heavy (non-hydrogen) atoms. The number of thiophene rings is 1. The third-order valence-electron chi connectivity index (χ3n) is 4.24. The third-order valence-corrected chi connectivity index (χ3v) is 5.26. The second-order valence-electron chi connectivity index (χ2n) is 5.86. The molecule has 1 aromatic carbocycles. The van der Waals surface area contributed by atoms with E-state index in [-0.39, 0.29) is 17.8 Å². The fourth-order valence-electron chi connectivity index (χ4n) is 2.94. The topological polar surface area (TPSA) is 41.6 Å². The van der Waals surface area contributed by atoms with Gasteiger partial charge in [0.05, 0.1) is 24.1 Å². The van der Waals surface area contributed by atoms with Crippen LogP contribution < -0.4 is 5.32 Å². The van der Waals surface area contributed by atoms with Gasteiger partial charge in [-0.3, -0.25) is 9.69 Å². The maximum absolute atomic E-state index is 13.6. The van der Waals surface area contributed by atoms with Crippen LogP contribution in [0.4, 0.5) is 4.39 Å². The maximum Gasteiger partial charge on any atom is 0.261 e. The Balaban J connectivity index is 1.74. The van der Waals surface area contributed by atoms with Crippen LogP contribution in [0.5, 0.6) is 0 Å². The average molecular weight is 348 g/mol. The van der Waals surface area contributed by atoms with Crippen LogP contribution in [0.1, 0.15) is 26.8 Å². The third kappa shape index (κ3) is 4.01. The van der Waals surface area contributed by atoms with Gasteiger partial charge in [0.2, 0.25) is 0 Å². The second kappa shape index (κ2) is 7.88. The van der Waals surface area contributed by atoms with Crippen LogP contribution in [0, 0.1) is 12.7 Å². The van der Waals surface area contributed by atoms with Gasteiger partial charge in [0.15, 0.2) is 0 Å². The Labute approximate surface area is 145 Å². The minimum atomic E-state index is -0.258. The van der Waals surface area contributed by atoms with Crippen molar-refractivity contribution in [1.82, 2.24) is 10.2 Å². The lowest BCUT2D eigenvalue weighted by atomic mass is 10.0. The van der Waals surface area contributed by atoms with E-state index in [1.54, 1.807) is 12.1 Å². The predicted octanol–water partition coefficient (Wildman–Crippen LogP) is 3.00. The van der Waals surface area contributed by atoms with Crippen molar-refractivity contribution in [3.8, 4) is 0 Å². The van der Waals surface area contributed by atoms with Gasteiger partial charge in [-0.15, -0.1) is 11.3 Å². The summed E-state index contributed by atoms with van der Waals surface area (Å²) < 4.78 is 19.0. The van der Waals surface area contributed by atoms with Crippen molar-refractivity contribution in [1.29, 1.82) is 0 Å².